The van der Waals surface area contributed by atoms with Crippen LogP contribution in [0.15, 0.2) is 67.0 Å². The summed E-state index contributed by atoms with van der Waals surface area (Å²) in [6.07, 6.45) is -0.134. The maximum absolute atomic E-state index is 13.7. The molecule has 3 heterocycles. The number of fused-ring (bicyclic) bond motifs is 1. The average molecular weight is 562 g/mol. The molecule has 11 heteroatoms. The number of nitrogens with zero attached hydrogens (tertiary/aromatic N) is 6. The summed E-state index contributed by atoms with van der Waals surface area (Å²) in [7, 11) is 3.86. The maximum Gasteiger partial charge on any atom is 0.416 e. The standard InChI is InChI=1S/C30H30F3N7O/c1-19-10-12-23(13-11-19)40-25(14-15-34-40)24-18-39-28(36-29(37-39)35-26(41)9-6-16-38(3)4)27(20(24)2)21-7-5-8-22(17-21)30(31,32)33/h5,7-8,10-15,17-18H,6,9,16H2,1-4H3,(H,35,37,41). The molecule has 1 N–H and O–H groups in total. The molecule has 0 unspecified atom stereocenters. The van der Waals surface area contributed by atoms with E-state index in [1.54, 1.807) is 23.1 Å². The van der Waals surface area contributed by atoms with Crippen LogP contribution < -0.4 is 5.32 Å². The second kappa shape index (κ2) is 11.2. The number of pyridine rings is 1. The number of nitrogens with one attached hydrogen (secondary N) is 1. The van der Waals surface area contributed by atoms with E-state index < -0.39 is 11.7 Å². The predicted octanol–water partition coefficient (Wildman–Crippen LogP) is 6.16. The first kappa shape index (κ1) is 28.0. The monoisotopic (exact) mass is 561 g/mol. The number of anilines is 1. The summed E-state index contributed by atoms with van der Waals surface area (Å²) in [5, 5.41) is 11.7. The highest BCUT2D eigenvalue weighted by molar-refractivity contribution is 5.91. The van der Waals surface area contributed by atoms with Crippen LogP contribution in [-0.2, 0) is 11.0 Å². The molecule has 0 saturated heterocycles. The van der Waals surface area contributed by atoms with Crippen molar-refractivity contribution in [2.75, 3.05) is 26.0 Å². The fourth-order valence-corrected chi connectivity index (χ4v) is 4.76. The molecule has 3 aromatic heterocycles. The molecular formula is C30H30F3N7O. The van der Waals surface area contributed by atoms with Gasteiger partial charge in [-0.2, -0.15) is 23.3 Å². The molecule has 0 atom stereocenters. The van der Waals surface area contributed by atoms with Crippen molar-refractivity contribution in [2.24, 2.45) is 0 Å². The Labute approximate surface area is 235 Å². The number of rotatable bonds is 8. The lowest BCUT2D eigenvalue weighted by atomic mass is 9.95. The van der Waals surface area contributed by atoms with E-state index in [2.05, 4.69) is 20.5 Å². The van der Waals surface area contributed by atoms with Gasteiger partial charge in [0.15, 0.2) is 5.65 Å². The number of hydrogen-bond donors (Lipinski definition) is 1. The van der Waals surface area contributed by atoms with E-state index in [1.807, 2.05) is 63.2 Å². The van der Waals surface area contributed by atoms with Gasteiger partial charge < -0.3 is 4.90 Å². The van der Waals surface area contributed by atoms with Crippen molar-refractivity contribution in [3.8, 4) is 28.1 Å². The summed E-state index contributed by atoms with van der Waals surface area (Å²) in [5.41, 5.74) is 4.44. The Morgan fingerprint density at radius 3 is 2.51 bits per heavy atom. The minimum absolute atomic E-state index is 0.0803. The van der Waals surface area contributed by atoms with Crippen LogP contribution in [0.25, 0.3) is 33.7 Å². The van der Waals surface area contributed by atoms with E-state index in [0.717, 1.165) is 35.6 Å². The molecule has 8 nitrogen and oxygen atoms in total. The van der Waals surface area contributed by atoms with Crippen molar-refractivity contribution >= 4 is 17.5 Å². The SMILES string of the molecule is Cc1ccc(-n2nccc2-c2cn3nc(NC(=O)CCCN(C)C)nc3c(-c3cccc(C(F)(F)F)c3)c2C)cc1. The van der Waals surface area contributed by atoms with Gasteiger partial charge in [-0.15, -0.1) is 5.10 Å². The highest BCUT2D eigenvalue weighted by atomic mass is 19.4. The number of carbonyl (C=O) groups excluding carboxylic acids is 1. The topological polar surface area (TPSA) is 80.3 Å². The van der Waals surface area contributed by atoms with Crippen LogP contribution in [0.2, 0.25) is 0 Å². The van der Waals surface area contributed by atoms with Gasteiger partial charge in [0.2, 0.25) is 11.9 Å². The quantitative estimate of drug-likeness (QED) is 0.245. The van der Waals surface area contributed by atoms with E-state index in [1.165, 1.54) is 10.6 Å². The van der Waals surface area contributed by atoms with E-state index in [0.29, 0.717) is 34.3 Å². The van der Waals surface area contributed by atoms with Crippen LogP contribution in [0.4, 0.5) is 19.1 Å². The average Bonchev–Trinajstić information content (AvgIpc) is 3.55. The molecule has 1 amide bonds. The minimum Gasteiger partial charge on any atom is -0.309 e. The van der Waals surface area contributed by atoms with E-state index in [9.17, 15) is 18.0 Å². The molecule has 0 aliphatic rings. The van der Waals surface area contributed by atoms with Gasteiger partial charge in [-0.3, -0.25) is 10.1 Å². The van der Waals surface area contributed by atoms with Gasteiger partial charge in [-0.05, 0) is 82.4 Å². The number of benzene rings is 2. The zero-order valence-electron chi connectivity index (χ0n) is 23.2. The van der Waals surface area contributed by atoms with Crippen LogP contribution in [0.3, 0.4) is 0 Å². The molecule has 0 aliphatic carbocycles. The van der Waals surface area contributed by atoms with E-state index in [4.69, 9.17) is 0 Å². The fraction of sp³-hybridized carbons (Fsp3) is 0.267. The zero-order valence-corrected chi connectivity index (χ0v) is 23.2. The van der Waals surface area contributed by atoms with Crippen molar-refractivity contribution in [2.45, 2.75) is 32.9 Å². The summed E-state index contributed by atoms with van der Waals surface area (Å²) in [6.45, 7) is 4.59. The second-order valence-corrected chi connectivity index (χ2v) is 10.2. The van der Waals surface area contributed by atoms with Crippen LogP contribution in [-0.4, -0.2) is 55.8 Å². The van der Waals surface area contributed by atoms with Crippen molar-refractivity contribution in [1.82, 2.24) is 29.3 Å². The lowest BCUT2D eigenvalue weighted by Gasteiger charge is -2.16. The summed E-state index contributed by atoms with van der Waals surface area (Å²) >= 11 is 0. The third-order valence-electron chi connectivity index (χ3n) is 6.82. The number of halogens is 3. The smallest absolute Gasteiger partial charge is 0.309 e. The summed E-state index contributed by atoms with van der Waals surface area (Å²) in [4.78, 5) is 19.1. The van der Waals surface area contributed by atoms with Crippen LogP contribution in [0.5, 0.6) is 0 Å². The van der Waals surface area contributed by atoms with Crippen molar-refractivity contribution in [1.29, 1.82) is 0 Å². The normalized spacial score (nSPS) is 11.9. The summed E-state index contributed by atoms with van der Waals surface area (Å²) < 4.78 is 44.3. The number of aryl methyl sites for hydroxylation is 1. The van der Waals surface area contributed by atoms with Gasteiger partial charge in [0.1, 0.15) is 0 Å². The molecular weight excluding hydrogens is 531 g/mol. The first-order chi connectivity index (χ1) is 19.5. The molecule has 0 radical (unpaired) electrons. The summed E-state index contributed by atoms with van der Waals surface area (Å²) in [6, 6.07) is 14.8. The lowest BCUT2D eigenvalue weighted by Crippen LogP contribution is -2.17. The third kappa shape index (κ3) is 5.99. The summed E-state index contributed by atoms with van der Waals surface area (Å²) in [5.74, 6) is -0.158. The van der Waals surface area contributed by atoms with Gasteiger partial charge in [0, 0.05) is 23.7 Å². The molecule has 5 rings (SSSR count). The predicted molar refractivity (Wildman–Crippen MR) is 152 cm³/mol. The Morgan fingerprint density at radius 1 is 1.05 bits per heavy atom. The molecule has 212 valence electrons. The molecule has 0 fully saturated rings. The highest BCUT2D eigenvalue weighted by Crippen LogP contribution is 2.38. The molecule has 5 aromatic rings. The number of carbonyl (C=O) groups is 1. The van der Waals surface area contributed by atoms with Crippen molar-refractivity contribution in [3.63, 3.8) is 0 Å². The number of hydrogen-bond acceptors (Lipinski definition) is 5. The fourth-order valence-electron chi connectivity index (χ4n) is 4.76. The Kier molecular flexibility index (Phi) is 7.63. The molecule has 41 heavy (non-hydrogen) atoms. The van der Waals surface area contributed by atoms with Gasteiger partial charge in [-0.25, -0.2) is 9.20 Å². The van der Waals surface area contributed by atoms with E-state index in [-0.39, 0.29) is 18.3 Å². The minimum atomic E-state index is -4.51. The zero-order chi connectivity index (χ0) is 29.3. The Morgan fingerprint density at radius 2 is 1.80 bits per heavy atom. The molecule has 0 bridgehead atoms. The van der Waals surface area contributed by atoms with Gasteiger partial charge >= 0.3 is 6.18 Å². The highest BCUT2D eigenvalue weighted by Gasteiger charge is 2.31. The van der Waals surface area contributed by atoms with Gasteiger partial charge in [-0.1, -0.05) is 29.8 Å². The molecule has 2 aromatic carbocycles. The Bertz CT molecular complexity index is 1700. The molecule has 0 saturated carbocycles. The molecule has 0 aliphatic heterocycles. The van der Waals surface area contributed by atoms with E-state index >= 15 is 0 Å². The number of amides is 1. The Hall–Kier alpha value is -4.51. The third-order valence-corrected chi connectivity index (χ3v) is 6.82. The number of aromatic nitrogens is 5. The Balaban J connectivity index is 1.65. The molecule has 0 spiro atoms. The van der Waals surface area contributed by atoms with Gasteiger partial charge in [0.05, 0.1) is 23.1 Å². The maximum atomic E-state index is 13.7. The van der Waals surface area contributed by atoms with Crippen molar-refractivity contribution in [3.05, 3.63) is 83.7 Å². The van der Waals surface area contributed by atoms with Crippen LogP contribution in [0.1, 0.15) is 29.5 Å². The van der Waals surface area contributed by atoms with Crippen LogP contribution >= 0.6 is 0 Å². The first-order valence-electron chi connectivity index (χ1n) is 13.1. The second-order valence-electron chi connectivity index (χ2n) is 10.2. The number of alkyl halides is 3. The van der Waals surface area contributed by atoms with Crippen LogP contribution in [0, 0.1) is 13.8 Å². The van der Waals surface area contributed by atoms with Crippen molar-refractivity contribution < 1.29 is 18.0 Å². The lowest BCUT2D eigenvalue weighted by molar-refractivity contribution is -0.137. The van der Waals surface area contributed by atoms with Gasteiger partial charge in [0.25, 0.3) is 0 Å². The largest absolute Gasteiger partial charge is 0.416 e. The first-order valence-corrected chi connectivity index (χ1v) is 13.1.